The molecule has 0 saturated carbocycles. The van der Waals surface area contributed by atoms with Crippen LogP contribution in [0.3, 0.4) is 0 Å². The molecule has 1 heterocycles. The number of halogens is 1. The minimum absolute atomic E-state index is 0.224. The van der Waals surface area contributed by atoms with Gasteiger partial charge in [-0.3, -0.25) is 0 Å². The zero-order chi connectivity index (χ0) is 7.56. The third-order valence-electron chi connectivity index (χ3n) is 0.932. The Morgan fingerprint density at radius 3 is 2.90 bits per heavy atom. The average molecular weight is 160 g/mol. The van der Waals surface area contributed by atoms with Crippen LogP contribution < -0.4 is 10.5 Å². The lowest BCUT2D eigenvalue weighted by Gasteiger charge is -1.98. The maximum Gasteiger partial charge on any atom is 0.318 e. The standard InChI is InChI=1S/C5H6ClN3O/c1-10-5-8-2-3(6)4(7)9-5/h2H,1H3,(H2,7,8,9). The van der Waals surface area contributed by atoms with Crippen molar-refractivity contribution in [2.24, 2.45) is 0 Å². The minimum atomic E-state index is 0.224. The normalized spacial score (nSPS) is 9.40. The first kappa shape index (κ1) is 7.08. The van der Waals surface area contributed by atoms with Crippen LogP contribution in [0, 0.1) is 0 Å². The topological polar surface area (TPSA) is 61.0 Å². The lowest BCUT2D eigenvalue weighted by Crippen LogP contribution is -1.96. The third-order valence-corrected chi connectivity index (χ3v) is 1.22. The molecule has 1 rings (SSSR count). The van der Waals surface area contributed by atoms with E-state index in [9.17, 15) is 0 Å². The van der Waals surface area contributed by atoms with Crippen molar-refractivity contribution >= 4 is 17.4 Å². The molecule has 54 valence electrons. The molecular formula is C5H6ClN3O. The summed E-state index contributed by atoms with van der Waals surface area (Å²) < 4.78 is 4.69. The van der Waals surface area contributed by atoms with Gasteiger partial charge in [0.2, 0.25) is 0 Å². The molecule has 0 radical (unpaired) electrons. The van der Waals surface area contributed by atoms with Crippen molar-refractivity contribution in [2.75, 3.05) is 12.8 Å². The van der Waals surface area contributed by atoms with E-state index in [0.717, 1.165) is 0 Å². The van der Waals surface area contributed by atoms with Crippen LogP contribution in [0.1, 0.15) is 0 Å². The summed E-state index contributed by atoms with van der Waals surface area (Å²) in [6.45, 7) is 0. The highest BCUT2D eigenvalue weighted by atomic mass is 35.5. The number of hydrogen-bond donors (Lipinski definition) is 1. The molecule has 0 atom stereocenters. The molecule has 10 heavy (non-hydrogen) atoms. The number of aromatic nitrogens is 2. The van der Waals surface area contributed by atoms with E-state index in [1.165, 1.54) is 13.3 Å². The smallest absolute Gasteiger partial charge is 0.318 e. The van der Waals surface area contributed by atoms with E-state index >= 15 is 0 Å². The Morgan fingerprint density at radius 2 is 2.40 bits per heavy atom. The SMILES string of the molecule is COc1ncc(Cl)c(N)n1. The van der Waals surface area contributed by atoms with Gasteiger partial charge >= 0.3 is 6.01 Å². The number of ether oxygens (including phenoxy) is 1. The van der Waals surface area contributed by atoms with Gasteiger partial charge in [-0.25, -0.2) is 4.98 Å². The summed E-state index contributed by atoms with van der Waals surface area (Å²) in [5.41, 5.74) is 5.33. The number of rotatable bonds is 1. The van der Waals surface area contributed by atoms with Gasteiger partial charge in [0.15, 0.2) is 0 Å². The lowest BCUT2D eigenvalue weighted by atomic mass is 10.6. The highest BCUT2D eigenvalue weighted by Gasteiger charge is 1.99. The molecule has 2 N–H and O–H groups in total. The van der Waals surface area contributed by atoms with Crippen LogP contribution in [0.25, 0.3) is 0 Å². The van der Waals surface area contributed by atoms with Crippen molar-refractivity contribution < 1.29 is 4.74 Å². The Bertz CT molecular complexity index is 240. The van der Waals surface area contributed by atoms with Crippen molar-refractivity contribution in [3.63, 3.8) is 0 Å². The largest absolute Gasteiger partial charge is 0.467 e. The predicted octanol–water partition coefficient (Wildman–Crippen LogP) is 0.721. The number of anilines is 1. The van der Waals surface area contributed by atoms with Crippen LogP contribution in [0.2, 0.25) is 5.02 Å². The number of hydrogen-bond acceptors (Lipinski definition) is 4. The first-order valence-corrected chi connectivity index (χ1v) is 2.94. The molecule has 0 bridgehead atoms. The van der Waals surface area contributed by atoms with Crippen molar-refractivity contribution in [2.45, 2.75) is 0 Å². The fourth-order valence-electron chi connectivity index (χ4n) is 0.462. The molecule has 0 fully saturated rings. The summed E-state index contributed by atoms with van der Waals surface area (Å²) in [6, 6.07) is 0.224. The number of methoxy groups -OCH3 is 1. The van der Waals surface area contributed by atoms with E-state index in [-0.39, 0.29) is 11.8 Å². The van der Waals surface area contributed by atoms with Crippen LogP contribution in [-0.2, 0) is 0 Å². The maximum absolute atomic E-state index is 5.53. The van der Waals surface area contributed by atoms with Crippen molar-refractivity contribution in [1.29, 1.82) is 0 Å². The van der Waals surface area contributed by atoms with Crippen LogP contribution in [0.15, 0.2) is 6.20 Å². The van der Waals surface area contributed by atoms with Crippen LogP contribution in [0.4, 0.5) is 5.82 Å². The summed E-state index contributed by atoms with van der Waals surface area (Å²) >= 11 is 5.53. The molecule has 1 aromatic rings. The molecule has 0 aromatic carbocycles. The molecule has 4 nitrogen and oxygen atoms in total. The second kappa shape index (κ2) is 2.70. The van der Waals surface area contributed by atoms with E-state index in [4.69, 9.17) is 17.3 Å². The Morgan fingerprint density at radius 1 is 1.70 bits per heavy atom. The van der Waals surface area contributed by atoms with Gasteiger partial charge in [0, 0.05) is 0 Å². The summed E-state index contributed by atoms with van der Waals surface area (Å²) in [4.78, 5) is 7.42. The Balaban J connectivity index is 3.04. The summed E-state index contributed by atoms with van der Waals surface area (Å²) in [6.07, 6.45) is 1.39. The van der Waals surface area contributed by atoms with Crippen LogP contribution in [-0.4, -0.2) is 17.1 Å². The zero-order valence-corrected chi connectivity index (χ0v) is 6.09. The highest BCUT2D eigenvalue weighted by Crippen LogP contribution is 2.15. The van der Waals surface area contributed by atoms with Crippen molar-refractivity contribution in [3.8, 4) is 6.01 Å². The van der Waals surface area contributed by atoms with Crippen molar-refractivity contribution in [3.05, 3.63) is 11.2 Å². The van der Waals surface area contributed by atoms with Gasteiger partial charge in [-0.15, -0.1) is 0 Å². The summed E-state index contributed by atoms with van der Waals surface area (Å²) in [7, 11) is 1.46. The molecular weight excluding hydrogens is 154 g/mol. The Labute approximate surface area is 63.0 Å². The maximum atomic E-state index is 5.53. The monoisotopic (exact) mass is 159 g/mol. The zero-order valence-electron chi connectivity index (χ0n) is 5.34. The average Bonchev–Trinajstić information content (AvgIpc) is 1.95. The Hall–Kier alpha value is -1.03. The molecule has 1 aromatic heterocycles. The Kier molecular flexibility index (Phi) is 1.91. The number of nitrogens with two attached hydrogens (primary N) is 1. The van der Waals surface area contributed by atoms with E-state index in [1.54, 1.807) is 0 Å². The fourth-order valence-corrected chi connectivity index (χ4v) is 0.553. The fraction of sp³-hybridized carbons (Fsp3) is 0.200. The van der Waals surface area contributed by atoms with Crippen LogP contribution >= 0.6 is 11.6 Å². The second-order valence-corrected chi connectivity index (χ2v) is 2.00. The molecule has 0 saturated heterocycles. The van der Waals surface area contributed by atoms with E-state index in [1.807, 2.05) is 0 Å². The molecule has 5 heteroatoms. The van der Waals surface area contributed by atoms with E-state index in [2.05, 4.69) is 14.7 Å². The third kappa shape index (κ3) is 1.27. The molecule has 0 spiro atoms. The van der Waals surface area contributed by atoms with Gasteiger partial charge in [-0.2, -0.15) is 4.98 Å². The molecule has 0 aliphatic heterocycles. The van der Waals surface area contributed by atoms with Gasteiger partial charge in [0.25, 0.3) is 0 Å². The highest BCUT2D eigenvalue weighted by molar-refractivity contribution is 6.32. The van der Waals surface area contributed by atoms with Gasteiger partial charge in [0.05, 0.1) is 13.3 Å². The second-order valence-electron chi connectivity index (χ2n) is 1.59. The molecule has 0 aliphatic carbocycles. The first-order chi connectivity index (χ1) is 4.74. The predicted molar refractivity (Wildman–Crippen MR) is 38.0 cm³/mol. The molecule has 0 amide bonds. The van der Waals surface area contributed by atoms with Gasteiger partial charge in [-0.1, -0.05) is 11.6 Å². The van der Waals surface area contributed by atoms with Gasteiger partial charge < -0.3 is 10.5 Å². The van der Waals surface area contributed by atoms with Crippen molar-refractivity contribution in [1.82, 2.24) is 9.97 Å². The summed E-state index contributed by atoms with van der Waals surface area (Å²) in [5, 5.41) is 0.334. The molecule has 0 aliphatic rings. The van der Waals surface area contributed by atoms with Crippen LogP contribution in [0.5, 0.6) is 6.01 Å². The lowest BCUT2D eigenvalue weighted by molar-refractivity contribution is 0.380. The minimum Gasteiger partial charge on any atom is -0.467 e. The van der Waals surface area contributed by atoms with E-state index in [0.29, 0.717) is 5.02 Å². The number of nitrogens with zero attached hydrogens (tertiary/aromatic N) is 2. The number of nitrogen functional groups attached to an aromatic ring is 1. The van der Waals surface area contributed by atoms with Gasteiger partial charge in [0.1, 0.15) is 10.8 Å². The van der Waals surface area contributed by atoms with E-state index < -0.39 is 0 Å². The molecule has 0 unspecified atom stereocenters. The first-order valence-electron chi connectivity index (χ1n) is 2.56. The quantitative estimate of drug-likeness (QED) is 0.656. The summed E-state index contributed by atoms with van der Waals surface area (Å²) in [5.74, 6) is 0.230. The van der Waals surface area contributed by atoms with Gasteiger partial charge in [-0.05, 0) is 0 Å².